The van der Waals surface area contributed by atoms with Gasteiger partial charge in [-0.1, -0.05) is 0 Å². The first-order valence-corrected chi connectivity index (χ1v) is 3.22. The lowest BCUT2D eigenvalue weighted by Gasteiger charge is -2.08. The summed E-state index contributed by atoms with van der Waals surface area (Å²) in [5.74, 6) is 0. The summed E-state index contributed by atoms with van der Waals surface area (Å²) in [5, 5.41) is 19.0. The third kappa shape index (κ3) is 0.843. The molecule has 5 nitrogen and oxygen atoms in total. The standard InChI is InChI=1S/C6H5N5/c7-1-4-6-5(11-10-4)2-8-3-9-6/h8H,2-3H2. The molecule has 0 saturated heterocycles. The van der Waals surface area contributed by atoms with Gasteiger partial charge < -0.3 is 0 Å². The summed E-state index contributed by atoms with van der Waals surface area (Å²) in [6, 6.07) is 1.94. The van der Waals surface area contributed by atoms with Crippen LogP contribution in [0.3, 0.4) is 0 Å². The highest BCUT2D eigenvalue weighted by Crippen LogP contribution is 2.02. The van der Waals surface area contributed by atoms with E-state index in [-0.39, 0.29) is 0 Å². The second-order valence-corrected chi connectivity index (χ2v) is 2.20. The molecule has 2 aliphatic rings. The Bertz CT molecular complexity index is 316. The molecule has 0 radical (unpaired) electrons. The molecule has 0 aromatic carbocycles. The molecule has 2 rings (SSSR count). The number of rotatable bonds is 0. The zero-order chi connectivity index (χ0) is 7.68. The number of nitrogens with zero attached hydrogens (tertiary/aromatic N) is 4. The maximum atomic E-state index is 8.55. The van der Waals surface area contributed by atoms with Gasteiger partial charge in [0.15, 0.2) is 5.71 Å². The molecule has 54 valence electrons. The van der Waals surface area contributed by atoms with Gasteiger partial charge in [0.05, 0.1) is 6.67 Å². The first kappa shape index (κ1) is 6.19. The zero-order valence-electron chi connectivity index (χ0n) is 5.70. The Morgan fingerprint density at radius 1 is 1.45 bits per heavy atom. The van der Waals surface area contributed by atoms with Crippen LogP contribution in [-0.2, 0) is 0 Å². The number of nitriles is 1. The van der Waals surface area contributed by atoms with Crippen LogP contribution < -0.4 is 5.32 Å². The SMILES string of the molecule is N#CC1=NN=C2CNCN=C12. The third-order valence-corrected chi connectivity index (χ3v) is 1.52. The number of hydrogen-bond donors (Lipinski definition) is 1. The van der Waals surface area contributed by atoms with E-state index >= 15 is 0 Å². The fraction of sp³-hybridized carbons (Fsp3) is 0.333. The number of hydrogen-bond acceptors (Lipinski definition) is 5. The molecular weight excluding hydrogens is 142 g/mol. The highest BCUT2D eigenvalue weighted by molar-refractivity contribution is 6.73. The highest BCUT2D eigenvalue weighted by atomic mass is 15.3. The van der Waals surface area contributed by atoms with Crippen molar-refractivity contribution in [1.82, 2.24) is 5.32 Å². The van der Waals surface area contributed by atoms with Crippen LogP contribution in [-0.4, -0.2) is 30.3 Å². The van der Waals surface area contributed by atoms with E-state index in [1.807, 2.05) is 6.07 Å². The molecule has 1 N–H and O–H groups in total. The lowest BCUT2D eigenvalue weighted by molar-refractivity contribution is 0.785. The van der Waals surface area contributed by atoms with Crippen molar-refractivity contribution in [1.29, 1.82) is 5.26 Å². The van der Waals surface area contributed by atoms with Crippen LogP contribution in [0.25, 0.3) is 0 Å². The summed E-state index contributed by atoms with van der Waals surface area (Å²) in [4.78, 5) is 4.07. The topological polar surface area (TPSA) is 72.9 Å². The smallest absolute Gasteiger partial charge is 0.190 e. The molecule has 0 aromatic heterocycles. The molecule has 0 amide bonds. The van der Waals surface area contributed by atoms with Gasteiger partial charge in [-0.25, -0.2) is 0 Å². The van der Waals surface area contributed by atoms with Gasteiger partial charge >= 0.3 is 0 Å². The minimum absolute atomic E-state index is 0.335. The van der Waals surface area contributed by atoms with E-state index in [0.717, 1.165) is 5.71 Å². The summed E-state index contributed by atoms with van der Waals surface area (Å²) in [7, 11) is 0. The summed E-state index contributed by atoms with van der Waals surface area (Å²) >= 11 is 0. The minimum atomic E-state index is 0.335. The molecule has 0 aromatic rings. The second kappa shape index (κ2) is 2.25. The summed E-state index contributed by atoms with van der Waals surface area (Å²) in [5.41, 5.74) is 1.76. The molecule has 0 unspecified atom stereocenters. The predicted molar refractivity (Wildman–Crippen MR) is 40.8 cm³/mol. The molecule has 0 atom stereocenters. The third-order valence-electron chi connectivity index (χ3n) is 1.52. The van der Waals surface area contributed by atoms with Gasteiger partial charge in [-0.2, -0.15) is 10.4 Å². The molecule has 2 aliphatic heterocycles. The van der Waals surface area contributed by atoms with Crippen molar-refractivity contribution in [2.45, 2.75) is 0 Å². The van der Waals surface area contributed by atoms with Crippen molar-refractivity contribution >= 4 is 17.1 Å². The molecule has 0 aliphatic carbocycles. The van der Waals surface area contributed by atoms with Crippen molar-refractivity contribution < 1.29 is 0 Å². The predicted octanol–water partition coefficient (Wildman–Crippen LogP) is -0.678. The van der Waals surface area contributed by atoms with Crippen molar-refractivity contribution in [3.63, 3.8) is 0 Å². The van der Waals surface area contributed by atoms with Gasteiger partial charge in [-0.15, -0.1) is 5.10 Å². The van der Waals surface area contributed by atoms with Crippen molar-refractivity contribution in [2.24, 2.45) is 15.2 Å². The van der Waals surface area contributed by atoms with Crippen LogP contribution in [0.15, 0.2) is 15.2 Å². The van der Waals surface area contributed by atoms with Crippen molar-refractivity contribution in [3.05, 3.63) is 0 Å². The number of fused-ring (bicyclic) bond motifs is 1. The van der Waals surface area contributed by atoms with E-state index in [1.165, 1.54) is 0 Å². The van der Waals surface area contributed by atoms with Crippen molar-refractivity contribution in [3.8, 4) is 6.07 Å². The Morgan fingerprint density at radius 3 is 3.18 bits per heavy atom. The lowest BCUT2D eigenvalue weighted by atomic mass is 10.1. The van der Waals surface area contributed by atoms with Gasteiger partial charge in [-0.3, -0.25) is 10.3 Å². The highest BCUT2D eigenvalue weighted by Gasteiger charge is 2.23. The Balaban J connectivity index is 2.39. The first-order chi connectivity index (χ1) is 5.42. The van der Waals surface area contributed by atoms with Gasteiger partial charge in [0.1, 0.15) is 17.5 Å². The fourth-order valence-electron chi connectivity index (χ4n) is 1.01. The van der Waals surface area contributed by atoms with E-state index in [2.05, 4.69) is 20.5 Å². The van der Waals surface area contributed by atoms with Crippen LogP contribution >= 0.6 is 0 Å². The monoisotopic (exact) mass is 147 g/mol. The maximum Gasteiger partial charge on any atom is 0.190 e. The van der Waals surface area contributed by atoms with Crippen LogP contribution in [0.2, 0.25) is 0 Å². The fourth-order valence-corrected chi connectivity index (χ4v) is 1.01. The van der Waals surface area contributed by atoms with Gasteiger partial charge in [0.25, 0.3) is 0 Å². The molecule has 5 heteroatoms. The largest absolute Gasteiger partial charge is 0.292 e. The maximum absolute atomic E-state index is 8.55. The molecule has 0 saturated carbocycles. The summed E-state index contributed by atoms with van der Waals surface area (Å²) in [6.45, 7) is 1.21. The van der Waals surface area contributed by atoms with Gasteiger partial charge in [-0.05, 0) is 0 Å². The van der Waals surface area contributed by atoms with Gasteiger partial charge in [0, 0.05) is 6.54 Å². The van der Waals surface area contributed by atoms with Crippen LogP contribution in [0, 0.1) is 11.3 Å². The average Bonchev–Trinajstić information content (AvgIpc) is 2.47. The van der Waals surface area contributed by atoms with E-state index in [4.69, 9.17) is 5.26 Å². The number of nitrogens with one attached hydrogen (secondary N) is 1. The summed E-state index contributed by atoms with van der Waals surface area (Å²) < 4.78 is 0. The Hall–Kier alpha value is -1.54. The minimum Gasteiger partial charge on any atom is -0.292 e. The normalized spacial score (nSPS) is 21.2. The average molecular weight is 147 g/mol. The molecule has 0 fully saturated rings. The van der Waals surface area contributed by atoms with E-state index in [9.17, 15) is 0 Å². The first-order valence-electron chi connectivity index (χ1n) is 3.22. The summed E-state index contributed by atoms with van der Waals surface area (Å²) in [6.07, 6.45) is 0. The molecule has 0 spiro atoms. The number of aliphatic imine (C=N–C) groups is 1. The Morgan fingerprint density at radius 2 is 2.36 bits per heavy atom. The second-order valence-electron chi connectivity index (χ2n) is 2.20. The quantitative estimate of drug-likeness (QED) is 0.493. The molecular formula is C6H5N5. The van der Waals surface area contributed by atoms with Crippen LogP contribution in [0.4, 0.5) is 0 Å². The Kier molecular flexibility index (Phi) is 1.27. The van der Waals surface area contributed by atoms with Crippen LogP contribution in [0.5, 0.6) is 0 Å². The van der Waals surface area contributed by atoms with E-state index in [1.54, 1.807) is 0 Å². The van der Waals surface area contributed by atoms with Crippen molar-refractivity contribution in [2.75, 3.05) is 13.2 Å². The molecule has 11 heavy (non-hydrogen) atoms. The van der Waals surface area contributed by atoms with E-state index < -0.39 is 0 Å². The van der Waals surface area contributed by atoms with E-state index in [0.29, 0.717) is 24.6 Å². The van der Waals surface area contributed by atoms with Crippen LogP contribution in [0.1, 0.15) is 0 Å². The Labute approximate surface area is 63.2 Å². The lowest BCUT2D eigenvalue weighted by Crippen LogP contribution is -2.36. The molecule has 0 bridgehead atoms. The van der Waals surface area contributed by atoms with Gasteiger partial charge in [0.2, 0.25) is 0 Å². The molecule has 2 heterocycles. The zero-order valence-corrected chi connectivity index (χ0v) is 5.70.